The molecule has 0 aliphatic rings. The van der Waals surface area contributed by atoms with Gasteiger partial charge >= 0.3 is 0 Å². The van der Waals surface area contributed by atoms with E-state index in [1.165, 1.54) is 11.3 Å². The molecule has 0 saturated heterocycles. The Hall–Kier alpha value is -3.87. The van der Waals surface area contributed by atoms with Crippen molar-refractivity contribution >= 4 is 50.4 Å². The van der Waals surface area contributed by atoms with Gasteiger partial charge in [-0.25, -0.2) is 4.98 Å². The molecule has 0 atom stereocenters. The molecular formula is C28H22ClN3O2S. The van der Waals surface area contributed by atoms with Crippen LogP contribution in [0.3, 0.4) is 0 Å². The van der Waals surface area contributed by atoms with Crippen LogP contribution in [0.1, 0.15) is 15.2 Å². The fraction of sp³-hybridized carbons (Fsp3) is 0.0714. The lowest BCUT2D eigenvalue weighted by molar-refractivity contribution is 0.103. The van der Waals surface area contributed by atoms with Crippen LogP contribution < -0.4 is 15.8 Å². The number of benzene rings is 3. The minimum absolute atomic E-state index is 0.262. The Morgan fingerprint density at radius 1 is 0.971 bits per heavy atom. The molecule has 0 aliphatic carbocycles. The lowest BCUT2D eigenvalue weighted by Gasteiger charge is -2.10. The molecule has 1 amide bonds. The molecule has 0 aliphatic heterocycles. The third kappa shape index (κ3) is 4.58. The number of aromatic nitrogens is 1. The first-order valence-electron chi connectivity index (χ1n) is 10.9. The molecule has 3 N–H and O–H groups in total. The number of nitrogens with zero attached hydrogens (tertiary/aromatic N) is 1. The van der Waals surface area contributed by atoms with Gasteiger partial charge in [-0.15, -0.1) is 11.3 Å². The molecule has 2 heterocycles. The number of amides is 1. The van der Waals surface area contributed by atoms with Crippen molar-refractivity contribution in [3.8, 4) is 28.1 Å². The quantitative estimate of drug-likeness (QED) is 0.263. The SMILES string of the molecule is COc1ccc(-c2cc(-c3ccc(Cl)cc3)c3c(N)c(C(=O)Nc4ccc(C)cc4)sc3n2)cc1. The van der Waals surface area contributed by atoms with Crippen molar-refractivity contribution in [1.82, 2.24) is 4.98 Å². The van der Waals surface area contributed by atoms with E-state index in [0.29, 0.717) is 26.1 Å². The predicted molar refractivity (Wildman–Crippen MR) is 146 cm³/mol. The van der Waals surface area contributed by atoms with Crippen molar-refractivity contribution in [3.05, 3.63) is 94.3 Å². The molecule has 0 bridgehead atoms. The summed E-state index contributed by atoms with van der Waals surface area (Å²) in [7, 11) is 1.63. The van der Waals surface area contributed by atoms with Crippen LogP contribution in [-0.4, -0.2) is 18.0 Å². The number of halogens is 1. The minimum atomic E-state index is -0.262. The second-order valence-electron chi connectivity index (χ2n) is 8.14. The number of methoxy groups -OCH3 is 1. The summed E-state index contributed by atoms with van der Waals surface area (Å²) in [5, 5.41) is 4.34. The fourth-order valence-corrected chi connectivity index (χ4v) is 5.02. The Morgan fingerprint density at radius 3 is 2.29 bits per heavy atom. The zero-order valence-corrected chi connectivity index (χ0v) is 20.7. The summed E-state index contributed by atoms with van der Waals surface area (Å²) in [5.74, 6) is 0.505. The smallest absolute Gasteiger partial charge is 0.267 e. The second-order valence-corrected chi connectivity index (χ2v) is 9.57. The summed E-state index contributed by atoms with van der Waals surface area (Å²) in [6, 6.07) is 24.9. The summed E-state index contributed by atoms with van der Waals surface area (Å²) in [4.78, 5) is 19.2. The van der Waals surface area contributed by atoms with Crippen molar-refractivity contribution in [1.29, 1.82) is 0 Å². The number of pyridine rings is 1. The number of rotatable bonds is 5. The van der Waals surface area contributed by atoms with Gasteiger partial charge in [0, 0.05) is 21.7 Å². The van der Waals surface area contributed by atoms with Gasteiger partial charge in [-0.2, -0.15) is 0 Å². The first kappa shape index (κ1) is 22.9. The lowest BCUT2D eigenvalue weighted by atomic mass is 9.99. The standard InChI is InChI=1S/C28H22ClN3O2S/c1-16-3-11-20(12-4-16)31-27(33)26-25(30)24-22(17-5-9-19(29)10-6-17)15-23(32-28(24)35-26)18-7-13-21(34-2)14-8-18/h3-15H,30H2,1-2H3,(H,31,33). The number of hydrogen-bond donors (Lipinski definition) is 2. The highest BCUT2D eigenvalue weighted by Crippen LogP contribution is 2.42. The Morgan fingerprint density at radius 2 is 1.63 bits per heavy atom. The molecule has 0 unspecified atom stereocenters. The van der Waals surface area contributed by atoms with Crippen molar-refractivity contribution in [2.75, 3.05) is 18.2 Å². The lowest BCUT2D eigenvalue weighted by Crippen LogP contribution is -2.11. The summed E-state index contributed by atoms with van der Waals surface area (Å²) in [6.45, 7) is 2.00. The maximum Gasteiger partial charge on any atom is 0.267 e. The number of nitrogens with two attached hydrogens (primary N) is 1. The first-order valence-corrected chi connectivity index (χ1v) is 12.1. The van der Waals surface area contributed by atoms with Gasteiger partial charge in [-0.05, 0) is 72.6 Å². The van der Waals surface area contributed by atoms with Gasteiger partial charge in [0.25, 0.3) is 5.91 Å². The largest absolute Gasteiger partial charge is 0.497 e. The van der Waals surface area contributed by atoms with Crippen LogP contribution in [0.5, 0.6) is 5.75 Å². The van der Waals surface area contributed by atoms with Crippen LogP contribution in [0.15, 0.2) is 78.9 Å². The Kier molecular flexibility index (Phi) is 6.16. The van der Waals surface area contributed by atoms with E-state index in [9.17, 15) is 4.79 Å². The number of fused-ring (bicyclic) bond motifs is 1. The van der Waals surface area contributed by atoms with Crippen molar-refractivity contribution in [3.63, 3.8) is 0 Å². The number of nitrogens with one attached hydrogen (secondary N) is 1. The van der Waals surface area contributed by atoms with Crippen LogP contribution in [-0.2, 0) is 0 Å². The molecule has 2 aromatic heterocycles. The highest BCUT2D eigenvalue weighted by Gasteiger charge is 2.22. The highest BCUT2D eigenvalue weighted by molar-refractivity contribution is 7.21. The van der Waals surface area contributed by atoms with E-state index >= 15 is 0 Å². The van der Waals surface area contributed by atoms with E-state index in [4.69, 9.17) is 27.1 Å². The van der Waals surface area contributed by atoms with Crippen LogP contribution in [0.4, 0.5) is 11.4 Å². The van der Waals surface area contributed by atoms with E-state index in [-0.39, 0.29) is 5.91 Å². The number of aryl methyl sites for hydroxylation is 1. The number of thiophene rings is 1. The Labute approximate surface area is 212 Å². The van der Waals surface area contributed by atoms with Crippen LogP contribution in [0.2, 0.25) is 5.02 Å². The normalized spacial score (nSPS) is 10.9. The van der Waals surface area contributed by atoms with Crippen molar-refractivity contribution in [2.45, 2.75) is 6.92 Å². The molecular weight excluding hydrogens is 478 g/mol. The zero-order chi connectivity index (χ0) is 24.5. The molecule has 7 heteroatoms. The minimum Gasteiger partial charge on any atom is -0.497 e. The van der Waals surface area contributed by atoms with Crippen LogP contribution >= 0.6 is 22.9 Å². The van der Waals surface area contributed by atoms with Gasteiger partial charge in [0.15, 0.2) is 0 Å². The monoisotopic (exact) mass is 499 g/mol. The van der Waals surface area contributed by atoms with Crippen LogP contribution in [0.25, 0.3) is 32.6 Å². The van der Waals surface area contributed by atoms with Crippen molar-refractivity contribution in [2.24, 2.45) is 0 Å². The number of hydrogen-bond acceptors (Lipinski definition) is 5. The third-order valence-corrected chi connectivity index (χ3v) is 7.11. The Balaban J connectivity index is 1.65. The van der Waals surface area contributed by atoms with Gasteiger partial charge in [-0.3, -0.25) is 4.79 Å². The molecule has 0 saturated carbocycles. The summed E-state index contributed by atoms with van der Waals surface area (Å²) in [6.07, 6.45) is 0. The fourth-order valence-electron chi connectivity index (χ4n) is 3.88. The molecule has 5 nitrogen and oxygen atoms in total. The topological polar surface area (TPSA) is 77.2 Å². The first-order chi connectivity index (χ1) is 16.9. The summed E-state index contributed by atoms with van der Waals surface area (Å²) < 4.78 is 5.29. The van der Waals surface area contributed by atoms with E-state index in [1.54, 1.807) is 7.11 Å². The number of nitrogen functional groups attached to an aromatic ring is 1. The number of carbonyl (C=O) groups is 1. The Bertz CT molecular complexity index is 1530. The number of anilines is 2. The zero-order valence-electron chi connectivity index (χ0n) is 19.1. The molecule has 5 aromatic rings. The van der Waals surface area contributed by atoms with Gasteiger partial charge in [0.1, 0.15) is 15.5 Å². The molecule has 5 rings (SSSR count). The van der Waals surface area contributed by atoms with E-state index in [1.807, 2.05) is 85.8 Å². The van der Waals surface area contributed by atoms with E-state index in [0.717, 1.165) is 39.1 Å². The predicted octanol–water partition coefficient (Wildman–Crippen LogP) is 7.44. The summed E-state index contributed by atoms with van der Waals surface area (Å²) in [5.41, 5.74) is 12.4. The number of carbonyl (C=O) groups excluding carboxylic acids is 1. The third-order valence-electron chi connectivity index (χ3n) is 5.76. The molecule has 0 radical (unpaired) electrons. The molecule has 0 spiro atoms. The van der Waals surface area contributed by atoms with Gasteiger partial charge in [0.2, 0.25) is 0 Å². The highest BCUT2D eigenvalue weighted by atomic mass is 35.5. The number of ether oxygens (including phenoxy) is 1. The van der Waals surface area contributed by atoms with Gasteiger partial charge in [0.05, 0.1) is 18.5 Å². The second kappa shape index (κ2) is 9.41. The molecule has 0 fully saturated rings. The van der Waals surface area contributed by atoms with E-state index in [2.05, 4.69) is 5.32 Å². The van der Waals surface area contributed by atoms with Gasteiger partial charge < -0.3 is 15.8 Å². The van der Waals surface area contributed by atoms with E-state index < -0.39 is 0 Å². The average molecular weight is 500 g/mol. The maximum atomic E-state index is 13.2. The maximum absolute atomic E-state index is 13.2. The molecule has 35 heavy (non-hydrogen) atoms. The molecule has 174 valence electrons. The summed E-state index contributed by atoms with van der Waals surface area (Å²) >= 11 is 7.42. The molecule has 3 aromatic carbocycles. The van der Waals surface area contributed by atoms with Crippen LogP contribution in [0, 0.1) is 6.92 Å². The van der Waals surface area contributed by atoms with Crippen molar-refractivity contribution < 1.29 is 9.53 Å². The van der Waals surface area contributed by atoms with Gasteiger partial charge in [-0.1, -0.05) is 41.4 Å². The average Bonchev–Trinajstić information content (AvgIpc) is 3.22.